The Labute approximate surface area is 317 Å². The van der Waals surface area contributed by atoms with E-state index in [0.717, 1.165) is 34.9 Å². The molecule has 0 radical (unpaired) electrons. The third-order valence-corrected chi connectivity index (χ3v) is 12.3. The van der Waals surface area contributed by atoms with E-state index in [1.165, 1.54) is 30.2 Å². The average Bonchev–Trinajstić information content (AvgIpc) is 3.58. The molecule has 2 heterocycles. The van der Waals surface area contributed by atoms with Crippen LogP contribution in [0.4, 0.5) is 0 Å². The van der Waals surface area contributed by atoms with Crippen molar-refractivity contribution in [1.29, 1.82) is 5.41 Å². The quantitative estimate of drug-likeness (QED) is 0.0576. The van der Waals surface area contributed by atoms with Crippen molar-refractivity contribution in [3.05, 3.63) is 108 Å². The molecule has 7 rings (SSSR count). The van der Waals surface area contributed by atoms with Crippen LogP contribution in [0.1, 0.15) is 56.7 Å². The van der Waals surface area contributed by atoms with E-state index in [1.807, 2.05) is 84.9 Å². The van der Waals surface area contributed by atoms with E-state index < -0.39 is 23.2 Å². The molecule has 0 bridgehead atoms. The maximum Gasteiger partial charge on any atom is 0.331 e. The Bertz CT molecular complexity index is 2060. The molecule has 2 aliphatic carbocycles. The standard InChI is InChI=1S/C39H47N5O8P2/c1-28(38(45)51-33-22-39(23-33)20-9-21-39)42-53(52-36-15-8-13-30-12-6-7-14-34(30)36)48-25-32(47-2)18-16-31-17-19-35-37(40)43(26-41-44(31)35)27-50-54(46)49-24-29-10-4-3-5-11-29/h3-8,10-15,17,19,26,28,32-33,40,42,46H,9,16,18,20-25,27H2,1-2H3/t28-,32?,53?,54?/m0/s1. The summed E-state index contributed by atoms with van der Waals surface area (Å²) >= 11 is 0. The summed E-state index contributed by atoms with van der Waals surface area (Å²) in [6, 6.07) is 26.5. The van der Waals surface area contributed by atoms with Gasteiger partial charge < -0.3 is 27.9 Å². The Balaban J connectivity index is 0.947. The lowest BCUT2D eigenvalue weighted by Crippen LogP contribution is -2.49. The number of carbonyl (C=O) groups is 1. The number of hydrogen-bond donors (Lipinski definition) is 3. The summed E-state index contributed by atoms with van der Waals surface area (Å²) in [5.74, 6) is 0.347. The van der Waals surface area contributed by atoms with Crippen LogP contribution in [0.3, 0.4) is 0 Å². The van der Waals surface area contributed by atoms with Gasteiger partial charge in [0.1, 0.15) is 36.5 Å². The van der Waals surface area contributed by atoms with Crippen LogP contribution in [0.25, 0.3) is 16.3 Å². The molecular weight excluding hydrogens is 728 g/mol. The van der Waals surface area contributed by atoms with Gasteiger partial charge in [0, 0.05) is 18.2 Å². The van der Waals surface area contributed by atoms with Crippen LogP contribution in [-0.4, -0.2) is 57.0 Å². The van der Waals surface area contributed by atoms with Crippen molar-refractivity contribution in [3.63, 3.8) is 0 Å². The highest BCUT2D eigenvalue weighted by Gasteiger charge is 2.50. The number of nitrogens with zero attached hydrogens (tertiary/aromatic N) is 3. The molecule has 4 atom stereocenters. The predicted octanol–water partition coefficient (Wildman–Crippen LogP) is 7.30. The summed E-state index contributed by atoms with van der Waals surface area (Å²) < 4.78 is 38.6. The minimum Gasteiger partial charge on any atom is -0.461 e. The lowest BCUT2D eigenvalue weighted by Gasteiger charge is -2.53. The third kappa shape index (κ3) is 9.36. The van der Waals surface area contributed by atoms with Crippen LogP contribution in [-0.2, 0) is 47.6 Å². The molecule has 2 saturated carbocycles. The van der Waals surface area contributed by atoms with Crippen LogP contribution in [0.2, 0.25) is 0 Å². The molecule has 15 heteroatoms. The van der Waals surface area contributed by atoms with Gasteiger partial charge in [0.05, 0.1) is 19.3 Å². The van der Waals surface area contributed by atoms with Gasteiger partial charge in [-0.15, -0.1) is 0 Å². The second-order valence-corrected chi connectivity index (χ2v) is 16.2. The number of ether oxygens (including phenoxy) is 2. The maximum absolute atomic E-state index is 13.1. The van der Waals surface area contributed by atoms with Gasteiger partial charge in [-0.3, -0.25) is 19.3 Å². The lowest BCUT2D eigenvalue weighted by atomic mass is 9.55. The molecule has 0 amide bonds. The van der Waals surface area contributed by atoms with Crippen molar-refractivity contribution in [1.82, 2.24) is 19.3 Å². The number of aryl methyl sites for hydroxylation is 1. The molecule has 286 valence electrons. The number of nitrogens with one attached hydrogen (secondary N) is 2. The largest absolute Gasteiger partial charge is 0.461 e. The van der Waals surface area contributed by atoms with Crippen molar-refractivity contribution >= 4 is 39.4 Å². The van der Waals surface area contributed by atoms with Crippen LogP contribution < -0.4 is 15.1 Å². The number of fused-ring (bicyclic) bond motifs is 2. The van der Waals surface area contributed by atoms with Crippen molar-refractivity contribution in [2.75, 3.05) is 13.7 Å². The molecule has 2 aliphatic rings. The number of aromatic nitrogens is 3. The van der Waals surface area contributed by atoms with Gasteiger partial charge in [-0.25, -0.2) is 9.60 Å². The topological polar surface area (TPSA) is 151 Å². The number of methoxy groups -OCH3 is 1. The van der Waals surface area contributed by atoms with E-state index in [4.69, 9.17) is 33.0 Å². The van der Waals surface area contributed by atoms with E-state index in [-0.39, 0.29) is 43.6 Å². The third-order valence-electron chi connectivity index (χ3n) is 10.3. The zero-order valence-corrected chi connectivity index (χ0v) is 32.3. The molecule has 3 aromatic carbocycles. The molecule has 5 aromatic rings. The van der Waals surface area contributed by atoms with Gasteiger partial charge in [-0.1, -0.05) is 73.2 Å². The molecule has 1 spiro atoms. The van der Waals surface area contributed by atoms with Gasteiger partial charge in [0.15, 0.2) is 5.49 Å². The van der Waals surface area contributed by atoms with Gasteiger partial charge in [-0.2, -0.15) is 5.10 Å². The van der Waals surface area contributed by atoms with Crippen molar-refractivity contribution in [3.8, 4) is 5.75 Å². The second-order valence-electron chi connectivity index (χ2n) is 14.0. The Morgan fingerprint density at radius 3 is 2.57 bits per heavy atom. The summed E-state index contributed by atoms with van der Waals surface area (Å²) in [4.78, 5) is 23.4. The van der Waals surface area contributed by atoms with E-state index >= 15 is 0 Å². The molecule has 13 nitrogen and oxygen atoms in total. The fraction of sp³-hybridized carbons (Fsp3) is 0.410. The predicted molar refractivity (Wildman–Crippen MR) is 205 cm³/mol. The number of hydrogen-bond acceptors (Lipinski definition) is 11. The maximum atomic E-state index is 13.1. The fourth-order valence-electron chi connectivity index (χ4n) is 6.98. The van der Waals surface area contributed by atoms with Gasteiger partial charge in [0.25, 0.3) is 0 Å². The van der Waals surface area contributed by atoms with E-state index in [1.54, 1.807) is 18.5 Å². The first kappa shape index (κ1) is 38.5. The summed E-state index contributed by atoms with van der Waals surface area (Å²) in [5, 5.41) is 18.5. The Hall–Kier alpha value is -3.77. The Kier molecular flexibility index (Phi) is 12.7. The van der Waals surface area contributed by atoms with Crippen LogP contribution in [0.15, 0.2) is 91.3 Å². The molecule has 2 fully saturated rings. The first-order valence-corrected chi connectivity index (χ1v) is 20.6. The van der Waals surface area contributed by atoms with E-state index in [0.29, 0.717) is 29.5 Å². The van der Waals surface area contributed by atoms with E-state index in [2.05, 4.69) is 10.2 Å². The lowest BCUT2D eigenvalue weighted by molar-refractivity contribution is -0.169. The molecule has 0 saturated heterocycles. The minimum atomic E-state index is -2.14. The van der Waals surface area contributed by atoms with Crippen LogP contribution in [0.5, 0.6) is 5.75 Å². The second kappa shape index (κ2) is 17.8. The van der Waals surface area contributed by atoms with Crippen LogP contribution >= 0.6 is 17.1 Å². The Morgan fingerprint density at radius 2 is 1.80 bits per heavy atom. The van der Waals surface area contributed by atoms with Gasteiger partial charge in [0.2, 0.25) is 0 Å². The zero-order chi connectivity index (χ0) is 37.5. The van der Waals surface area contributed by atoms with Crippen molar-refractivity contribution < 1.29 is 37.3 Å². The molecule has 3 N–H and O–H groups in total. The summed E-state index contributed by atoms with van der Waals surface area (Å²) in [5.41, 5.74) is 3.01. The van der Waals surface area contributed by atoms with Crippen LogP contribution in [0, 0.1) is 10.8 Å². The highest BCUT2D eigenvalue weighted by Crippen LogP contribution is 2.56. The van der Waals surface area contributed by atoms with Crippen molar-refractivity contribution in [2.45, 2.75) is 83.5 Å². The van der Waals surface area contributed by atoms with E-state index in [9.17, 15) is 9.69 Å². The monoisotopic (exact) mass is 775 g/mol. The average molecular weight is 776 g/mol. The Morgan fingerprint density at radius 1 is 1.02 bits per heavy atom. The number of carbonyl (C=O) groups excluding carboxylic acids is 1. The summed E-state index contributed by atoms with van der Waals surface area (Å²) in [7, 11) is -2.27. The number of benzene rings is 3. The highest BCUT2D eigenvalue weighted by molar-refractivity contribution is 7.45. The zero-order valence-electron chi connectivity index (χ0n) is 30.5. The summed E-state index contributed by atoms with van der Waals surface area (Å²) in [6.45, 7) is 2.13. The number of esters is 1. The first-order valence-electron chi connectivity index (χ1n) is 18.3. The SMILES string of the molecule is COC(CCc1ccc2c(=N)n(COP(O)OCc3ccccc3)cnn12)COP(N[C@@H](C)C(=O)OC1CC2(CCC2)C1)Oc1cccc2ccccc12. The highest BCUT2D eigenvalue weighted by atomic mass is 31.2. The van der Waals surface area contributed by atoms with Crippen molar-refractivity contribution in [2.24, 2.45) is 5.41 Å². The normalized spacial score (nSPS) is 17.5. The molecule has 2 aromatic heterocycles. The van der Waals surface area contributed by atoms with Gasteiger partial charge >= 0.3 is 23.1 Å². The minimum absolute atomic E-state index is 0.0197. The molecule has 3 unspecified atom stereocenters. The molecule has 54 heavy (non-hydrogen) atoms. The van der Waals surface area contributed by atoms with Gasteiger partial charge in [-0.05, 0) is 80.0 Å². The smallest absolute Gasteiger partial charge is 0.331 e. The number of rotatable bonds is 19. The summed E-state index contributed by atoms with van der Waals surface area (Å²) in [6.07, 6.45) is 8.05. The molecular formula is C39H47N5O8P2. The fourth-order valence-corrected chi connectivity index (χ4v) is 8.78. The molecule has 0 aliphatic heterocycles. The first-order chi connectivity index (χ1) is 26.3.